The zero-order valence-electron chi connectivity index (χ0n) is 13.2. The Labute approximate surface area is 133 Å². The van der Waals surface area contributed by atoms with E-state index in [2.05, 4.69) is 17.2 Å². The Kier molecular flexibility index (Phi) is 3.90. The van der Waals surface area contributed by atoms with Gasteiger partial charge in [0.2, 0.25) is 11.8 Å². The van der Waals surface area contributed by atoms with Crippen LogP contribution in [-0.4, -0.2) is 40.2 Å². The molecule has 23 heavy (non-hydrogen) atoms. The molecule has 1 saturated heterocycles. The SMILES string of the molecule is CCc1cccc2c(C(=O)N(CC)[C@@H]3CC(=O)NC3=O)c[nH]c12. The maximum Gasteiger partial charge on any atom is 0.256 e. The minimum atomic E-state index is -0.723. The molecule has 1 atom stereocenters. The third kappa shape index (κ3) is 2.50. The number of imide groups is 1. The number of aromatic amines is 1. The molecule has 0 spiro atoms. The van der Waals surface area contributed by atoms with Gasteiger partial charge in [0.1, 0.15) is 6.04 Å². The Morgan fingerprint density at radius 3 is 2.70 bits per heavy atom. The fourth-order valence-corrected chi connectivity index (χ4v) is 3.14. The van der Waals surface area contributed by atoms with Crippen LogP contribution in [0.2, 0.25) is 0 Å². The molecule has 6 nitrogen and oxygen atoms in total. The van der Waals surface area contributed by atoms with Crippen molar-refractivity contribution >= 4 is 28.6 Å². The van der Waals surface area contributed by atoms with E-state index >= 15 is 0 Å². The fourth-order valence-electron chi connectivity index (χ4n) is 3.14. The van der Waals surface area contributed by atoms with Crippen molar-refractivity contribution in [3.63, 3.8) is 0 Å². The number of nitrogens with zero attached hydrogens (tertiary/aromatic N) is 1. The molecule has 0 saturated carbocycles. The van der Waals surface area contributed by atoms with Crippen molar-refractivity contribution in [1.82, 2.24) is 15.2 Å². The van der Waals surface area contributed by atoms with E-state index in [1.54, 1.807) is 13.1 Å². The number of nitrogens with one attached hydrogen (secondary N) is 2. The average molecular weight is 313 g/mol. The number of aromatic nitrogens is 1. The van der Waals surface area contributed by atoms with Crippen LogP contribution in [0.1, 0.15) is 36.2 Å². The first-order valence-corrected chi connectivity index (χ1v) is 7.80. The van der Waals surface area contributed by atoms with E-state index in [9.17, 15) is 14.4 Å². The van der Waals surface area contributed by atoms with Gasteiger partial charge in [0.25, 0.3) is 5.91 Å². The Bertz CT molecular complexity index is 793. The summed E-state index contributed by atoms with van der Waals surface area (Å²) in [5.74, 6) is -0.973. The summed E-state index contributed by atoms with van der Waals surface area (Å²) >= 11 is 0. The molecular formula is C17H19N3O3. The van der Waals surface area contributed by atoms with Crippen LogP contribution in [0, 0.1) is 0 Å². The molecule has 2 heterocycles. The molecule has 1 aliphatic heterocycles. The molecule has 3 amide bonds. The smallest absolute Gasteiger partial charge is 0.256 e. The lowest BCUT2D eigenvalue weighted by Crippen LogP contribution is -2.44. The predicted molar refractivity (Wildman–Crippen MR) is 85.9 cm³/mol. The van der Waals surface area contributed by atoms with Crippen LogP contribution in [0.25, 0.3) is 10.9 Å². The highest BCUT2D eigenvalue weighted by Crippen LogP contribution is 2.25. The number of benzene rings is 1. The Morgan fingerprint density at radius 2 is 2.09 bits per heavy atom. The van der Waals surface area contributed by atoms with Crippen LogP contribution in [-0.2, 0) is 16.0 Å². The van der Waals surface area contributed by atoms with Gasteiger partial charge in [-0.3, -0.25) is 19.7 Å². The summed E-state index contributed by atoms with van der Waals surface area (Å²) in [7, 11) is 0. The number of rotatable bonds is 4. The van der Waals surface area contributed by atoms with Gasteiger partial charge in [0, 0.05) is 23.6 Å². The fraction of sp³-hybridized carbons (Fsp3) is 0.353. The number of fused-ring (bicyclic) bond motifs is 1. The summed E-state index contributed by atoms with van der Waals surface area (Å²) in [5.41, 5.74) is 2.61. The second-order valence-electron chi connectivity index (χ2n) is 5.62. The minimum absolute atomic E-state index is 0.0287. The quantitative estimate of drug-likeness (QED) is 0.841. The van der Waals surface area contributed by atoms with E-state index in [-0.39, 0.29) is 18.2 Å². The molecule has 1 fully saturated rings. The summed E-state index contributed by atoms with van der Waals surface area (Å²) in [4.78, 5) is 40.8. The second-order valence-corrected chi connectivity index (χ2v) is 5.62. The molecule has 2 N–H and O–H groups in total. The highest BCUT2D eigenvalue weighted by atomic mass is 16.2. The summed E-state index contributed by atoms with van der Waals surface area (Å²) < 4.78 is 0. The Morgan fingerprint density at radius 1 is 1.30 bits per heavy atom. The molecule has 1 aromatic carbocycles. The van der Waals surface area contributed by atoms with Crippen LogP contribution in [0.5, 0.6) is 0 Å². The first-order valence-electron chi connectivity index (χ1n) is 7.80. The van der Waals surface area contributed by atoms with Gasteiger partial charge in [-0.2, -0.15) is 0 Å². The van der Waals surface area contributed by atoms with Gasteiger partial charge in [-0.1, -0.05) is 25.1 Å². The van der Waals surface area contributed by atoms with Crippen molar-refractivity contribution in [2.24, 2.45) is 0 Å². The number of amides is 3. The van der Waals surface area contributed by atoms with Gasteiger partial charge in [-0.15, -0.1) is 0 Å². The third-order valence-electron chi connectivity index (χ3n) is 4.33. The first kappa shape index (κ1) is 15.3. The van der Waals surface area contributed by atoms with Crippen LogP contribution >= 0.6 is 0 Å². The van der Waals surface area contributed by atoms with E-state index in [1.165, 1.54) is 4.90 Å². The van der Waals surface area contributed by atoms with E-state index < -0.39 is 11.9 Å². The lowest BCUT2D eigenvalue weighted by molar-refractivity contribution is -0.126. The van der Waals surface area contributed by atoms with Gasteiger partial charge in [-0.25, -0.2) is 0 Å². The molecule has 6 heteroatoms. The predicted octanol–water partition coefficient (Wildman–Crippen LogP) is 1.61. The zero-order chi connectivity index (χ0) is 16.6. The molecular weight excluding hydrogens is 294 g/mol. The molecule has 120 valence electrons. The standard InChI is InChI=1S/C17H19N3O3/c1-3-10-6-5-7-11-12(9-18-15(10)11)17(23)20(4-2)13-8-14(21)19-16(13)22/h5-7,9,13,18H,3-4,8H2,1-2H3,(H,19,21,22)/t13-/m1/s1. The average Bonchev–Trinajstić information content (AvgIpc) is 3.11. The second kappa shape index (κ2) is 5.87. The summed E-state index contributed by atoms with van der Waals surface area (Å²) in [6, 6.07) is 5.12. The Balaban J connectivity index is 1.99. The molecule has 3 rings (SSSR count). The van der Waals surface area contributed by atoms with Crippen molar-refractivity contribution in [1.29, 1.82) is 0 Å². The first-order chi connectivity index (χ1) is 11.1. The van der Waals surface area contributed by atoms with Crippen LogP contribution in [0.15, 0.2) is 24.4 Å². The summed E-state index contributed by atoms with van der Waals surface area (Å²) in [6.45, 7) is 4.23. The highest BCUT2D eigenvalue weighted by molar-refractivity contribution is 6.11. The number of likely N-dealkylation sites (N-methyl/N-ethyl adjacent to an activating group) is 1. The monoisotopic (exact) mass is 313 g/mol. The van der Waals surface area contributed by atoms with Crippen LogP contribution in [0.4, 0.5) is 0 Å². The lowest BCUT2D eigenvalue weighted by Gasteiger charge is -2.25. The van der Waals surface area contributed by atoms with Gasteiger partial charge in [0.05, 0.1) is 12.0 Å². The van der Waals surface area contributed by atoms with Crippen molar-refractivity contribution in [3.8, 4) is 0 Å². The molecule has 0 radical (unpaired) electrons. The molecule has 0 bridgehead atoms. The minimum Gasteiger partial charge on any atom is -0.360 e. The number of carbonyl (C=O) groups is 3. The number of H-pyrrole nitrogens is 1. The molecule has 1 aliphatic rings. The summed E-state index contributed by atoms with van der Waals surface area (Å²) in [5, 5.41) is 3.10. The molecule has 0 unspecified atom stereocenters. The molecule has 2 aromatic rings. The van der Waals surface area contributed by atoms with Gasteiger partial charge >= 0.3 is 0 Å². The normalized spacial score (nSPS) is 17.6. The number of hydrogen-bond acceptors (Lipinski definition) is 3. The number of para-hydroxylation sites is 1. The largest absolute Gasteiger partial charge is 0.360 e. The molecule has 0 aliphatic carbocycles. The molecule has 1 aromatic heterocycles. The number of carbonyl (C=O) groups excluding carboxylic acids is 3. The van der Waals surface area contributed by atoms with Gasteiger partial charge < -0.3 is 9.88 Å². The Hall–Kier alpha value is -2.63. The number of hydrogen-bond donors (Lipinski definition) is 2. The van der Waals surface area contributed by atoms with Crippen molar-refractivity contribution in [3.05, 3.63) is 35.5 Å². The van der Waals surface area contributed by atoms with Gasteiger partial charge in [-0.05, 0) is 18.9 Å². The lowest BCUT2D eigenvalue weighted by atomic mass is 10.1. The van der Waals surface area contributed by atoms with Crippen molar-refractivity contribution in [2.45, 2.75) is 32.7 Å². The maximum absolute atomic E-state index is 12.9. The van der Waals surface area contributed by atoms with Crippen LogP contribution in [0.3, 0.4) is 0 Å². The van der Waals surface area contributed by atoms with E-state index in [0.29, 0.717) is 12.1 Å². The van der Waals surface area contributed by atoms with Crippen molar-refractivity contribution < 1.29 is 14.4 Å². The van der Waals surface area contributed by atoms with E-state index in [0.717, 1.165) is 22.9 Å². The number of aryl methyl sites for hydroxylation is 1. The van der Waals surface area contributed by atoms with E-state index in [1.807, 2.05) is 18.2 Å². The maximum atomic E-state index is 12.9. The van der Waals surface area contributed by atoms with Gasteiger partial charge in [0.15, 0.2) is 0 Å². The van der Waals surface area contributed by atoms with Crippen LogP contribution < -0.4 is 5.32 Å². The summed E-state index contributed by atoms with van der Waals surface area (Å²) in [6.07, 6.45) is 2.58. The van der Waals surface area contributed by atoms with Crippen molar-refractivity contribution in [2.75, 3.05) is 6.54 Å². The third-order valence-corrected chi connectivity index (χ3v) is 4.33. The highest BCUT2D eigenvalue weighted by Gasteiger charge is 2.37. The van der Waals surface area contributed by atoms with E-state index in [4.69, 9.17) is 0 Å². The topological polar surface area (TPSA) is 82.3 Å². The zero-order valence-corrected chi connectivity index (χ0v) is 13.2.